The molecule has 3 aromatic rings. The maximum atomic E-state index is 13.7. The number of anilines is 1. The summed E-state index contributed by atoms with van der Waals surface area (Å²) in [4.78, 5) is 40.4. The Balaban J connectivity index is 0.000000493. The predicted molar refractivity (Wildman–Crippen MR) is 161 cm³/mol. The van der Waals surface area contributed by atoms with Gasteiger partial charge in [-0.15, -0.1) is 0 Å². The van der Waals surface area contributed by atoms with E-state index in [0.29, 0.717) is 42.6 Å². The Kier molecular flexibility index (Phi) is 9.17. The third-order valence-electron chi connectivity index (χ3n) is 7.98. The number of rotatable bonds is 6. The molecule has 2 fully saturated rings. The van der Waals surface area contributed by atoms with Crippen LogP contribution < -0.4 is 9.64 Å². The molecule has 2 amide bonds. The molecule has 6 rings (SSSR count). The largest absolute Gasteiger partial charge is 0.490 e. The summed E-state index contributed by atoms with van der Waals surface area (Å²) in [6, 6.07) is 18.3. The summed E-state index contributed by atoms with van der Waals surface area (Å²) in [5, 5.41) is 9.96. The van der Waals surface area contributed by atoms with Gasteiger partial charge in [0, 0.05) is 37.7 Å². The molecule has 44 heavy (non-hydrogen) atoms. The number of fused-ring (bicyclic) bond motifs is 2. The third-order valence-corrected chi connectivity index (χ3v) is 8.29. The number of hydrogen-bond donors (Lipinski definition) is 1. The second-order valence-electron chi connectivity index (χ2n) is 11.0. The molecule has 1 N–H and O–H groups in total. The molecule has 232 valence electrons. The maximum Gasteiger partial charge on any atom is 0.490 e. The molecule has 0 saturated carbocycles. The second-order valence-corrected chi connectivity index (χ2v) is 11.4. The first-order chi connectivity index (χ1) is 21.0. The highest BCUT2D eigenvalue weighted by Crippen LogP contribution is 2.44. The van der Waals surface area contributed by atoms with E-state index >= 15 is 0 Å². The van der Waals surface area contributed by atoms with Crippen molar-refractivity contribution in [2.45, 2.75) is 25.1 Å². The van der Waals surface area contributed by atoms with Crippen molar-refractivity contribution in [1.29, 1.82) is 0 Å². The van der Waals surface area contributed by atoms with Gasteiger partial charge in [0.15, 0.2) is 6.10 Å². The number of carboxylic acids is 1. The molecule has 12 heteroatoms. The summed E-state index contributed by atoms with van der Waals surface area (Å²) in [6.07, 6.45) is -2.01. The van der Waals surface area contributed by atoms with Crippen molar-refractivity contribution in [3.05, 3.63) is 72.3 Å². The van der Waals surface area contributed by atoms with Crippen LogP contribution in [0.15, 0.2) is 67.3 Å². The number of amides is 2. The van der Waals surface area contributed by atoms with Crippen molar-refractivity contribution in [1.82, 2.24) is 9.80 Å². The number of carbonyl (C=O) groups excluding carboxylic acids is 2. The van der Waals surface area contributed by atoms with Gasteiger partial charge in [-0.2, -0.15) is 13.2 Å². The van der Waals surface area contributed by atoms with E-state index in [1.807, 2.05) is 35.2 Å². The third kappa shape index (κ3) is 6.68. The summed E-state index contributed by atoms with van der Waals surface area (Å²) < 4.78 is 38.1. The molecular weight excluding hydrogens is 599 g/mol. The van der Waals surface area contributed by atoms with Crippen LogP contribution in [0.2, 0.25) is 5.02 Å². The molecule has 0 aromatic heterocycles. The lowest BCUT2D eigenvalue weighted by atomic mass is 9.96. The number of likely N-dealkylation sites (tertiary alicyclic amines) is 2. The molecule has 0 aliphatic carbocycles. The minimum atomic E-state index is -5.08. The average Bonchev–Trinajstić information content (AvgIpc) is 3.49. The van der Waals surface area contributed by atoms with Crippen LogP contribution in [-0.4, -0.2) is 84.2 Å². The van der Waals surface area contributed by atoms with E-state index in [1.165, 1.54) is 6.08 Å². The van der Waals surface area contributed by atoms with Crippen LogP contribution in [0.1, 0.15) is 12.8 Å². The van der Waals surface area contributed by atoms with E-state index in [-0.39, 0.29) is 17.7 Å². The minimum Gasteiger partial charge on any atom is -0.477 e. The predicted octanol–water partition coefficient (Wildman–Crippen LogP) is 5.63. The SMILES string of the molecule is C=CC(=O)N1CC(CN2C(=O)C(CN3CCCC3)Oc3cc(-c4cccc5ccccc45)c(Cl)cc32)C1.O=C(O)C(F)(F)F. The molecule has 1 atom stereocenters. The van der Waals surface area contributed by atoms with Crippen LogP contribution in [0.25, 0.3) is 21.9 Å². The van der Waals surface area contributed by atoms with Crippen molar-refractivity contribution < 1.29 is 37.4 Å². The van der Waals surface area contributed by atoms with Gasteiger partial charge in [0.1, 0.15) is 5.75 Å². The van der Waals surface area contributed by atoms with Crippen molar-refractivity contribution >= 4 is 45.8 Å². The van der Waals surface area contributed by atoms with Crippen LogP contribution >= 0.6 is 11.6 Å². The number of halogens is 4. The van der Waals surface area contributed by atoms with E-state index in [0.717, 1.165) is 47.8 Å². The lowest BCUT2D eigenvalue weighted by molar-refractivity contribution is -0.192. The molecule has 0 radical (unpaired) electrons. The van der Waals surface area contributed by atoms with Gasteiger partial charge in [0.05, 0.1) is 10.7 Å². The molecule has 3 aliphatic rings. The number of benzene rings is 3. The second kappa shape index (κ2) is 12.9. The number of ether oxygens (including phenoxy) is 1. The zero-order chi connectivity index (χ0) is 31.6. The Labute approximate surface area is 257 Å². The van der Waals surface area contributed by atoms with Crippen LogP contribution in [0.3, 0.4) is 0 Å². The van der Waals surface area contributed by atoms with Gasteiger partial charge in [-0.1, -0.05) is 60.6 Å². The minimum absolute atomic E-state index is 0.0399. The number of carboxylic acid groups (broad SMARTS) is 1. The average molecular weight is 630 g/mol. The Morgan fingerprint density at radius 2 is 1.68 bits per heavy atom. The fourth-order valence-electron chi connectivity index (χ4n) is 5.77. The van der Waals surface area contributed by atoms with Gasteiger partial charge < -0.3 is 19.6 Å². The number of carbonyl (C=O) groups is 3. The van der Waals surface area contributed by atoms with Crippen molar-refractivity contribution in [3.8, 4) is 16.9 Å². The summed E-state index contributed by atoms with van der Waals surface area (Å²) in [5.41, 5.74) is 2.62. The summed E-state index contributed by atoms with van der Waals surface area (Å²) in [7, 11) is 0. The smallest absolute Gasteiger partial charge is 0.477 e. The lowest BCUT2D eigenvalue weighted by Crippen LogP contribution is -2.57. The van der Waals surface area contributed by atoms with Crippen molar-refractivity contribution in [2.24, 2.45) is 5.92 Å². The highest BCUT2D eigenvalue weighted by atomic mass is 35.5. The Morgan fingerprint density at radius 1 is 1.02 bits per heavy atom. The number of hydrogen-bond acceptors (Lipinski definition) is 5. The molecule has 8 nitrogen and oxygen atoms in total. The summed E-state index contributed by atoms with van der Waals surface area (Å²) in [6.45, 7) is 7.88. The maximum absolute atomic E-state index is 13.7. The molecule has 3 heterocycles. The highest BCUT2D eigenvalue weighted by Gasteiger charge is 2.40. The van der Waals surface area contributed by atoms with Gasteiger partial charge in [-0.25, -0.2) is 4.79 Å². The molecule has 2 saturated heterocycles. The molecular formula is C32H31ClF3N3O5. The van der Waals surface area contributed by atoms with E-state index in [9.17, 15) is 22.8 Å². The molecule has 3 aliphatic heterocycles. The monoisotopic (exact) mass is 629 g/mol. The molecule has 3 aromatic carbocycles. The van der Waals surface area contributed by atoms with Gasteiger partial charge in [-0.3, -0.25) is 14.5 Å². The fourth-order valence-corrected chi connectivity index (χ4v) is 6.03. The Morgan fingerprint density at radius 3 is 2.34 bits per heavy atom. The topological polar surface area (TPSA) is 90.4 Å². The molecule has 1 unspecified atom stereocenters. The Hall–Kier alpha value is -4.09. The molecule has 0 bridgehead atoms. The van der Waals surface area contributed by atoms with Gasteiger partial charge >= 0.3 is 12.1 Å². The first-order valence-corrected chi connectivity index (χ1v) is 14.6. The first-order valence-electron chi connectivity index (χ1n) is 14.2. The van der Waals surface area contributed by atoms with E-state index in [4.69, 9.17) is 26.2 Å². The van der Waals surface area contributed by atoms with Crippen LogP contribution in [0, 0.1) is 5.92 Å². The summed E-state index contributed by atoms with van der Waals surface area (Å²) >= 11 is 6.89. The Bertz CT molecular complexity index is 1580. The standard InChI is InChI=1S/C30H30ClN3O3.C2HF3O2/c1-2-29(35)33-16-20(17-33)18-34-26-15-25(31)24(23-11-7-9-21-8-3-4-10-22(21)23)14-27(26)37-28(30(34)36)19-32-12-5-6-13-32;3-2(4,5)1(6)7/h2-4,7-11,14-15,20,28H,1,5-6,12-13,16-19H2;(H,6,7). The molecule has 0 spiro atoms. The fraction of sp³-hybridized carbons (Fsp3) is 0.344. The highest BCUT2D eigenvalue weighted by molar-refractivity contribution is 6.34. The van der Waals surface area contributed by atoms with E-state index in [2.05, 4.69) is 35.7 Å². The zero-order valence-corrected chi connectivity index (χ0v) is 24.5. The number of aliphatic carboxylic acids is 1. The van der Waals surface area contributed by atoms with E-state index < -0.39 is 18.2 Å². The zero-order valence-electron chi connectivity index (χ0n) is 23.7. The quantitative estimate of drug-likeness (QED) is 0.356. The lowest BCUT2D eigenvalue weighted by Gasteiger charge is -2.43. The van der Waals surface area contributed by atoms with Crippen LogP contribution in [-0.2, 0) is 14.4 Å². The number of alkyl halides is 3. The first kappa shape index (κ1) is 31.3. The van der Waals surface area contributed by atoms with E-state index in [1.54, 1.807) is 4.90 Å². The van der Waals surface area contributed by atoms with Crippen LogP contribution in [0.5, 0.6) is 5.75 Å². The van der Waals surface area contributed by atoms with Gasteiger partial charge in [-0.05, 0) is 60.5 Å². The number of nitrogens with zero attached hydrogens (tertiary/aromatic N) is 3. The van der Waals surface area contributed by atoms with Gasteiger partial charge in [0.25, 0.3) is 5.91 Å². The van der Waals surface area contributed by atoms with Gasteiger partial charge in [0.2, 0.25) is 5.91 Å². The van der Waals surface area contributed by atoms with Crippen LogP contribution in [0.4, 0.5) is 18.9 Å². The van der Waals surface area contributed by atoms with Crippen molar-refractivity contribution in [3.63, 3.8) is 0 Å². The van der Waals surface area contributed by atoms with Crippen molar-refractivity contribution in [2.75, 3.05) is 44.2 Å². The summed E-state index contributed by atoms with van der Waals surface area (Å²) in [5.74, 6) is -1.99. The normalized spacial score (nSPS) is 18.6.